The van der Waals surface area contributed by atoms with E-state index in [9.17, 15) is 9.59 Å². The van der Waals surface area contributed by atoms with E-state index in [4.69, 9.17) is 32.7 Å². The standard InChI is InChI=1S/C25H22Cl2N2O4/c1-15(30)32-23(18-11-13-28-14-12-18)24-25(31)29(2)21(16-3-7-19(26)8-4-16)22(33-24)17-5-9-20(27)10-6-17/h3-14,21-24H,1-2H3/t21-,22+,23-,24?/m1/s1. The molecule has 8 heteroatoms. The Bertz CT molecular complexity index is 1120. The molecule has 170 valence electrons. The summed E-state index contributed by atoms with van der Waals surface area (Å²) in [5, 5.41) is 1.19. The minimum atomic E-state index is -1.05. The summed E-state index contributed by atoms with van der Waals surface area (Å²) in [6, 6.07) is 17.5. The van der Waals surface area contributed by atoms with Gasteiger partial charge in [0.25, 0.3) is 5.91 Å². The summed E-state index contributed by atoms with van der Waals surface area (Å²) in [5.74, 6) is -0.818. The van der Waals surface area contributed by atoms with E-state index in [1.165, 1.54) is 6.92 Å². The van der Waals surface area contributed by atoms with Gasteiger partial charge in [0.05, 0.1) is 6.04 Å². The van der Waals surface area contributed by atoms with Crippen LogP contribution in [0, 0.1) is 0 Å². The van der Waals surface area contributed by atoms with Crippen molar-refractivity contribution in [2.45, 2.75) is 31.3 Å². The largest absolute Gasteiger partial charge is 0.454 e. The van der Waals surface area contributed by atoms with Gasteiger partial charge >= 0.3 is 5.97 Å². The third kappa shape index (κ3) is 5.03. The molecule has 1 saturated heterocycles. The Balaban J connectivity index is 1.78. The Kier molecular flexibility index (Phi) is 6.98. The number of rotatable bonds is 5. The van der Waals surface area contributed by atoms with Gasteiger partial charge in [0.1, 0.15) is 6.10 Å². The monoisotopic (exact) mass is 484 g/mol. The average Bonchev–Trinajstić information content (AvgIpc) is 2.81. The fraction of sp³-hybridized carbons (Fsp3) is 0.240. The molecule has 1 amide bonds. The quantitative estimate of drug-likeness (QED) is 0.457. The van der Waals surface area contributed by atoms with Crippen molar-refractivity contribution in [2.24, 2.45) is 0 Å². The van der Waals surface area contributed by atoms with Gasteiger partial charge in [-0.1, -0.05) is 47.5 Å². The van der Waals surface area contributed by atoms with Crippen molar-refractivity contribution in [3.05, 3.63) is 99.8 Å². The van der Waals surface area contributed by atoms with E-state index in [0.29, 0.717) is 15.6 Å². The number of morpholine rings is 1. The first kappa shape index (κ1) is 23.2. The van der Waals surface area contributed by atoms with Gasteiger partial charge in [-0.25, -0.2) is 0 Å². The van der Waals surface area contributed by atoms with E-state index in [1.54, 1.807) is 60.7 Å². The molecule has 1 fully saturated rings. The number of nitrogens with zero attached hydrogens (tertiary/aromatic N) is 2. The van der Waals surface area contributed by atoms with Crippen LogP contribution in [0.1, 0.15) is 41.9 Å². The number of amides is 1. The van der Waals surface area contributed by atoms with E-state index >= 15 is 0 Å². The topological polar surface area (TPSA) is 68.7 Å². The summed E-state index contributed by atoms with van der Waals surface area (Å²) >= 11 is 12.2. The lowest BCUT2D eigenvalue weighted by atomic mass is 9.90. The molecule has 0 spiro atoms. The van der Waals surface area contributed by atoms with E-state index in [-0.39, 0.29) is 5.91 Å². The fourth-order valence-corrected chi connectivity index (χ4v) is 4.29. The van der Waals surface area contributed by atoms with Crippen LogP contribution in [0.2, 0.25) is 10.0 Å². The van der Waals surface area contributed by atoms with Crippen LogP contribution in [0.25, 0.3) is 0 Å². The molecule has 4 atom stereocenters. The minimum absolute atomic E-state index is 0.303. The average molecular weight is 485 g/mol. The molecule has 2 heterocycles. The van der Waals surface area contributed by atoms with Crippen molar-refractivity contribution >= 4 is 35.1 Å². The Hall–Kier alpha value is -2.93. The number of likely N-dealkylation sites (N-methyl/N-ethyl adjacent to an activating group) is 1. The van der Waals surface area contributed by atoms with Crippen LogP contribution in [0.5, 0.6) is 0 Å². The van der Waals surface area contributed by atoms with E-state index in [1.807, 2.05) is 24.3 Å². The molecule has 0 bridgehead atoms. The van der Waals surface area contributed by atoms with Gasteiger partial charge in [-0.05, 0) is 53.1 Å². The Labute approximate surface area is 202 Å². The maximum Gasteiger partial charge on any atom is 0.303 e. The van der Waals surface area contributed by atoms with Crippen LogP contribution < -0.4 is 0 Å². The first-order valence-electron chi connectivity index (χ1n) is 10.4. The third-order valence-electron chi connectivity index (χ3n) is 5.60. The van der Waals surface area contributed by atoms with Crippen molar-refractivity contribution < 1.29 is 19.1 Å². The third-order valence-corrected chi connectivity index (χ3v) is 6.10. The number of carbonyl (C=O) groups excluding carboxylic acids is 2. The van der Waals surface area contributed by atoms with Crippen LogP contribution in [0.3, 0.4) is 0 Å². The second kappa shape index (κ2) is 9.91. The molecule has 1 aromatic heterocycles. The number of ether oxygens (including phenoxy) is 2. The van der Waals surface area contributed by atoms with Crippen molar-refractivity contribution in [3.63, 3.8) is 0 Å². The van der Waals surface area contributed by atoms with Gasteiger partial charge in [-0.15, -0.1) is 0 Å². The molecule has 0 saturated carbocycles. The maximum absolute atomic E-state index is 13.6. The highest BCUT2D eigenvalue weighted by Crippen LogP contribution is 2.44. The lowest BCUT2D eigenvalue weighted by Crippen LogP contribution is -2.51. The highest BCUT2D eigenvalue weighted by Gasteiger charge is 2.47. The zero-order valence-corrected chi connectivity index (χ0v) is 19.5. The normalized spacial score (nSPS) is 21.5. The highest BCUT2D eigenvalue weighted by atomic mass is 35.5. The lowest BCUT2D eigenvalue weighted by molar-refractivity contribution is -0.193. The summed E-state index contributed by atoms with van der Waals surface area (Å²) < 4.78 is 12.0. The molecular weight excluding hydrogens is 463 g/mol. The minimum Gasteiger partial charge on any atom is -0.454 e. The first-order chi connectivity index (χ1) is 15.8. The molecule has 33 heavy (non-hydrogen) atoms. The fourth-order valence-electron chi connectivity index (χ4n) is 4.04. The van der Waals surface area contributed by atoms with Crippen molar-refractivity contribution in [1.29, 1.82) is 0 Å². The zero-order chi connectivity index (χ0) is 23.5. The van der Waals surface area contributed by atoms with Crippen LogP contribution in [-0.4, -0.2) is 34.9 Å². The maximum atomic E-state index is 13.6. The zero-order valence-electron chi connectivity index (χ0n) is 18.0. The van der Waals surface area contributed by atoms with E-state index in [0.717, 1.165) is 11.1 Å². The molecule has 1 aliphatic rings. The van der Waals surface area contributed by atoms with Gasteiger partial charge < -0.3 is 14.4 Å². The van der Waals surface area contributed by atoms with Crippen LogP contribution in [0.4, 0.5) is 0 Å². The van der Waals surface area contributed by atoms with E-state index in [2.05, 4.69) is 4.98 Å². The first-order valence-corrected chi connectivity index (χ1v) is 11.1. The molecule has 0 aliphatic carbocycles. The summed E-state index contributed by atoms with van der Waals surface area (Å²) in [6.45, 7) is 1.30. The number of halogens is 2. The van der Waals surface area contributed by atoms with Crippen LogP contribution in [-0.2, 0) is 19.1 Å². The molecule has 0 N–H and O–H groups in total. The molecule has 1 aliphatic heterocycles. The summed E-state index contributed by atoms with van der Waals surface area (Å²) in [5.41, 5.74) is 2.31. The Morgan fingerprint density at radius 3 is 2.06 bits per heavy atom. The Morgan fingerprint density at radius 2 is 1.52 bits per heavy atom. The molecule has 0 radical (unpaired) electrons. The number of esters is 1. The molecule has 2 aromatic carbocycles. The van der Waals surface area contributed by atoms with Crippen molar-refractivity contribution in [1.82, 2.24) is 9.88 Å². The molecular formula is C25H22Cl2N2O4. The number of hydrogen-bond acceptors (Lipinski definition) is 5. The SMILES string of the molecule is CC(=O)O[C@H](c1ccncc1)C1O[C@@H](c2ccc(Cl)cc2)[C@@H](c2ccc(Cl)cc2)N(C)C1=O. The molecule has 1 unspecified atom stereocenters. The predicted octanol–water partition coefficient (Wildman–Crippen LogP) is 5.33. The Morgan fingerprint density at radius 1 is 0.970 bits per heavy atom. The summed E-state index contributed by atoms with van der Waals surface area (Å²) in [7, 11) is 1.72. The van der Waals surface area contributed by atoms with Gasteiger partial charge in [0.15, 0.2) is 12.2 Å². The summed E-state index contributed by atoms with van der Waals surface area (Å²) in [4.78, 5) is 31.1. The molecule has 3 aromatic rings. The second-order valence-electron chi connectivity index (χ2n) is 7.78. The van der Waals surface area contributed by atoms with Gasteiger partial charge in [0, 0.05) is 36.4 Å². The number of carbonyl (C=O) groups is 2. The number of benzene rings is 2. The number of pyridine rings is 1. The molecule has 4 rings (SSSR count). The van der Waals surface area contributed by atoms with E-state index < -0.39 is 30.3 Å². The predicted molar refractivity (Wildman–Crippen MR) is 125 cm³/mol. The van der Waals surface area contributed by atoms with Gasteiger partial charge in [-0.3, -0.25) is 14.6 Å². The van der Waals surface area contributed by atoms with Gasteiger partial charge in [-0.2, -0.15) is 0 Å². The number of hydrogen-bond donors (Lipinski definition) is 0. The van der Waals surface area contributed by atoms with Crippen molar-refractivity contribution in [3.8, 4) is 0 Å². The van der Waals surface area contributed by atoms with Crippen molar-refractivity contribution in [2.75, 3.05) is 7.05 Å². The lowest BCUT2D eigenvalue weighted by Gasteiger charge is -2.44. The molecule has 6 nitrogen and oxygen atoms in total. The highest BCUT2D eigenvalue weighted by molar-refractivity contribution is 6.30. The smallest absolute Gasteiger partial charge is 0.303 e. The second-order valence-corrected chi connectivity index (χ2v) is 8.66. The summed E-state index contributed by atoms with van der Waals surface area (Å²) in [6.07, 6.45) is 0.634. The van der Waals surface area contributed by atoms with Crippen LogP contribution in [0.15, 0.2) is 73.1 Å². The van der Waals surface area contributed by atoms with Gasteiger partial charge in [0.2, 0.25) is 0 Å². The van der Waals surface area contributed by atoms with Crippen LogP contribution >= 0.6 is 23.2 Å². The number of aromatic nitrogens is 1.